The first kappa shape index (κ1) is 9.02. The smallest absolute Gasteiger partial charge is 0.113 e. The topological polar surface area (TPSA) is 44.9 Å². The molecule has 1 aliphatic rings. The number of benzene rings is 1. The van der Waals surface area contributed by atoms with Crippen LogP contribution in [0, 0.1) is 0 Å². The van der Waals surface area contributed by atoms with Gasteiger partial charge in [0.15, 0.2) is 0 Å². The Morgan fingerprint density at radius 1 is 1.29 bits per heavy atom. The van der Waals surface area contributed by atoms with Crippen LogP contribution in [-0.4, -0.2) is 31.0 Å². The number of hydrogen-bond donors (Lipinski definition) is 1. The van der Waals surface area contributed by atoms with Gasteiger partial charge in [0.1, 0.15) is 13.0 Å². The van der Waals surface area contributed by atoms with Crippen LogP contribution in [0.3, 0.4) is 0 Å². The van der Waals surface area contributed by atoms with Crippen molar-refractivity contribution >= 4 is 12.0 Å². The minimum absolute atomic E-state index is 0.661. The zero-order valence-corrected chi connectivity index (χ0v) is 8.00. The van der Waals surface area contributed by atoms with Crippen molar-refractivity contribution in [1.82, 2.24) is 4.90 Å². The van der Waals surface area contributed by atoms with E-state index in [1.807, 2.05) is 41.7 Å². The highest BCUT2D eigenvalue weighted by Gasteiger charge is 2.13. The number of nitrogens with two attached hydrogens (primary N) is 1. The van der Waals surface area contributed by atoms with Crippen LogP contribution in [0.25, 0.3) is 0 Å². The van der Waals surface area contributed by atoms with Gasteiger partial charge in [0.2, 0.25) is 0 Å². The van der Waals surface area contributed by atoms with Gasteiger partial charge in [-0.15, -0.1) is 0 Å². The summed E-state index contributed by atoms with van der Waals surface area (Å²) in [4.78, 5) is 2.09. The van der Waals surface area contributed by atoms with Gasteiger partial charge in [-0.05, 0) is 12.1 Å². The molecule has 14 heavy (non-hydrogen) atoms. The van der Waals surface area contributed by atoms with E-state index in [2.05, 4.69) is 10.0 Å². The summed E-state index contributed by atoms with van der Waals surface area (Å²) >= 11 is 0. The van der Waals surface area contributed by atoms with Gasteiger partial charge in [0, 0.05) is 13.1 Å². The van der Waals surface area contributed by atoms with Crippen molar-refractivity contribution in [3.8, 4) is 0 Å². The summed E-state index contributed by atoms with van der Waals surface area (Å²) in [6.45, 7) is 2.31. The van der Waals surface area contributed by atoms with Crippen LogP contribution in [0.4, 0.5) is 5.69 Å². The fourth-order valence-electron chi connectivity index (χ4n) is 1.42. The lowest BCUT2D eigenvalue weighted by molar-refractivity contribution is 0.466. The molecule has 0 saturated carbocycles. The van der Waals surface area contributed by atoms with Crippen molar-refractivity contribution in [2.24, 2.45) is 10.8 Å². The van der Waals surface area contributed by atoms with Gasteiger partial charge in [-0.25, -0.2) is 5.01 Å². The Bertz CT molecular complexity index is 309. The molecule has 2 rings (SSSR count). The Balaban J connectivity index is 2.00. The molecule has 74 valence electrons. The highest BCUT2D eigenvalue weighted by Crippen LogP contribution is 2.16. The van der Waals surface area contributed by atoms with E-state index in [4.69, 9.17) is 5.73 Å². The molecule has 1 aliphatic heterocycles. The highest BCUT2D eigenvalue weighted by atomic mass is 15.6. The summed E-state index contributed by atoms with van der Waals surface area (Å²) in [5.41, 5.74) is 6.58. The van der Waals surface area contributed by atoms with Gasteiger partial charge in [-0.1, -0.05) is 18.2 Å². The van der Waals surface area contributed by atoms with Crippen molar-refractivity contribution in [1.29, 1.82) is 0 Å². The molecular weight excluding hydrogens is 176 g/mol. The van der Waals surface area contributed by atoms with Crippen molar-refractivity contribution in [2.75, 3.05) is 24.8 Å². The molecule has 4 heteroatoms. The quantitative estimate of drug-likeness (QED) is 0.762. The molecule has 4 nitrogen and oxygen atoms in total. The van der Waals surface area contributed by atoms with E-state index >= 15 is 0 Å². The van der Waals surface area contributed by atoms with E-state index < -0.39 is 0 Å². The summed E-state index contributed by atoms with van der Waals surface area (Å²) in [5.74, 6) is 0. The molecule has 1 aromatic carbocycles. The van der Waals surface area contributed by atoms with Gasteiger partial charge in [-0.3, -0.25) is 0 Å². The van der Waals surface area contributed by atoms with Crippen molar-refractivity contribution < 1.29 is 0 Å². The fourth-order valence-corrected chi connectivity index (χ4v) is 1.42. The third kappa shape index (κ3) is 1.85. The number of anilines is 1. The van der Waals surface area contributed by atoms with E-state index in [1.165, 1.54) is 0 Å². The zero-order chi connectivity index (χ0) is 9.80. The van der Waals surface area contributed by atoms with Gasteiger partial charge in [-0.2, -0.15) is 5.10 Å². The third-order valence-corrected chi connectivity index (χ3v) is 2.14. The van der Waals surface area contributed by atoms with Crippen LogP contribution < -0.4 is 10.7 Å². The minimum Gasteiger partial charge on any atom is -0.340 e. The molecule has 0 aromatic heterocycles. The summed E-state index contributed by atoms with van der Waals surface area (Å²) in [7, 11) is 0. The van der Waals surface area contributed by atoms with E-state index in [0.29, 0.717) is 6.54 Å². The maximum Gasteiger partial charge on any atom is 0.113 e. The molecule has 0 spiro atoms. The van der Waals surface area contributed by atoms with Crippen LogP contribution in [0.15, 0.2) is 35.4 Å². The maximum absolute atomic E-state index is 5.47. The second-order valence-corrected chi connectivity index (χ2v) is 3.21. The molecular formula is C10H14N4. The molecule has 1 heterocycles. The predicted octanol–water partition coefficient (Wildman–Crippen LogP) is 0.668. The third-order valence-electron chi connectivity index (χ3n) is 2.14. The van der Waals surface area contributed by atoms with Crippen molar-refractivity contribution in [2.45, 2.75) is 0 Å². The summed E-state index contributed by atoms with van der Waals surface area (Å²) in [6.07, 6.45) is 1.83. The molecule has 0 amide bonds. The first-order valence-electron chi connectivity index (χ1n) is 4.71. The van der Waals surface area contributed by atoms with Crippen molar-refractivity contribution in [3.05, 3.63) is 30.3 Å². The SMILES string of the molecule is NCCN1C=NN(c2ccccc2)C1. The number of hydrogen-bond acceptors (Lipinski definition) is 4. The number of para-hydroxylation sites is 1. The Kier molecular flexibility index (Phi) is 2.65. The molecule has 0 fully saturated rings. The summed E-state index contributed by atoms with van der Waals surface area (Å²) < 4.78 is 0. The monoisotopic (exact) mass is 190 g/mol. The van der Waals surface area contributed by atoms with Crippen LogP contribution in [0.5, 0.6) is 0 Å². The van der Waals surface area contributed by atoms with Gasteiger partial charge in [0.05, 0.1) is 5.69 Å². The van der Waals surface area contributed by atoms with E-state index in [0.717, 1.165) is 18.9 Å². The van der Waals surface area contributed by atoms with E-state index in [1.54, 1.807) is 0 Å². The molecule has 0 aliphatic carbocycles. The molecule has 0 atom stereocenters. The number of nitrogens with zero attached hydrogens (tertiary/aromatic N) is 3. The lowest BCUT2D eigenvalue weighted by Gasteiger charge is -2.17. The lowest BCUT2D eigenvalue weighted by Crippen LogP contribution is -2.30. The molecule has 0 radical (unpaired) electrons. The average Bonchev–Trinajstić information content (AvgIpc) is 2.68. The number of hydrazone groups is 1. The molecule has 1 aromatic rings. The Morgan fingerprint density at radius 2 is 2.07 bits per heavy atom. The largest absolute Gasteiger partial charge is 0.340 e. The lowest BCUT2D eigenvalue weighted by atomic mass is 10.3. The van der Waals surface area contributed by atoms with Crippen molar-refractivity contribution in [3.63, 3.8) is 0 Å². The van der Waals surface area contributed by atoms with Crippen LogP contribution in [-0.2, 0) is 0 Å². The van der Waals surface area contributed by atoms with Gasteiger partial charge < -0.3 is 10.6 Å². The molecule has 2 N–H and O–H groups in total. The number of rotatable bonds is 3. The highest BCUT2D eigenvalue weighted by molar-refractivity contribution is 5.62. The molecule has 0 unspecified atom stereocenters. The summed E-state index contributed by atoms with van der Waals surface area (Å²) in [5, 5.41) is 6.24. The maximum atomic E-state index is 5.47. The second kappa shape index (κ2) is 4.11. The first-order valence-corrected chi connectivity index (χ1v) is 4.71. The standard InChI is InChI=1S/C10H14N4/c11-6-7-13-8-12-14(9-13)10-4-2-1-3-5-10/h1-5,8H,6-7,9,11H2. The Hall–Kier alpha value is -1.55. The van der Waals surface area contributed by atoms with Gasteiger partial charge in [0.25, 0.3) is 0 Å². The van der Waals surface area contributed by atoms with E-state index in [-0.39, 0.29) is 0 Å². The fraction of sp³-hybridized carbons (Fsp3) is 0.300. The predicted molar refractivity (Wildman–Crippen MR) is 58.0 cm³/mol. The average molecular weight is 190 g/mol. The van der Waals surface area contributed by atoms with Crippen LogP contribution in [0.2, 0.25) is 0 Å². The molecule has 0 saturated heterocycles. The van der Waals surface area contributed by atoms with Crippen LogP contribution in [0.1, 0.15) is 0 Å². The Morgan fingerprint density at radius 3 is 2.79 bits per heavy atom. The molecule has 0 bridgehead atoms. The zero-order valence-electron chi connectivity index (χ0n) is 8.00. The van der Waals surface area contributed by atoms with Crippen LogP contribution >= 0.6 is 0 Å². The van der Waals surface area contributed by atoms with Gasteiger partial charge >= 0.3 is 0 Å². The first-order chi connectivity index (χ1) is 6.90. The normalized spacial score (nSPS) is 15.2. The van der Waals surface area contributed by atoms with E-state index in [9.17, 15) is 0 Å². The minimum atomic E-state index is 0.661. The summed E-state index contributed by atoms with van der Waals surface area (Å²) in [6, 6.07) is 10.1. The Labute approximate surface area is 83.6 Å². The second-order valence-electron chi connectivity index (χ2n) is 3.21.